The van der Waals surface area contributed by atoms with Crippen LogP contribution in [0.2, 0.25) is 0 Å². The van der Waals surface area contributed by atoms with Crippen molar-refractivity contribution in [1.82, 2.24) is 4.98 Å². The van der Waals surface area contributed by atoms with Gasteiger partial charge >= 0.3 is 5.97 Å². The van der Waals surface area contributed by atoms with Crippen LogP contribution in [0, 0.1) is 5.41 Å². The van der Waals surface area contributed by atoms with Crippen LogP contribution >= 0.6 is 0 Å². The molecular formula is C24H25N4O3+. The van der Waals surface area contributed by atoms with Gasteiger partial charge in [0.05, 0.1) is 18.8 Å². The smallest absolute Gasteiger partial charge is 0.354 e. The molecule has 0 amide bonds. The average molecular weight is 417 g/mol. The zero-order chi connectivity index (χ0) is 21.8. The molecule has 158 valence electrons. The second-order valence-electron chi connectivity index (χ2n) is 7.45. The van der Waals surface area contributed by atoms with Crippen molar-refractivity contribution in [3.63, 3.8) is 0 Å². The zero-order valence-corrected chi connectivity index (χ0v) is 17.3. The van der Waals surface area contributed by atoms with Gasteiger partial charge in [0, 0.05) is 30.1 Å². The van der Waals surface area contributed by atoms with E-state index in [1.807, 2.05) is 59.9 Å². The molecule has 0 saturated carbocycles. The minimum atomic E-state index is -1.09. The number of carboxylic acid groups (broad SMARTS) is 1. The number of rotatable bonds is 6. The first-order chi connectivity index (χ1) is 15.0. The fraction of sp³-hybridized carbons (Fsp3) is 0.208. The fourth-order valence-electron chi connectivity index (χ4n) is 3.78. The molecule has 0 spiro atoms. The van der Waals surface area contributed by atoms with E-state index in [2.05, 4.69) is 9.88 Å². The maximum Gasteiger partial charge on any atom is 0.354 e. The quantitative estimate of drug-likeness (QED) is 0.422. The van der Waals surface area contributed by atoms with E-state index in [1.165, 1.54) is 0 Å². The zero-order valence-electron chi connectivity index (χ0n) is 17.3. The number of carboxylic acids is 1. The summed E-state index contributed by atoms with van der Waals surface area (Å²) in [7, 11) is 0. The molecule has 1 aromatic heterocycles. The Hall–Kier alpha value is -3.55. The topological polar surface area (TPSA) is 103 Å². The first-order valence-electron chi connectivity index (χ1n) is 10.2. The number of hydrogen-bond donors (Lipinski definition) is 3. The van der Waals surface area contributed by atoms with Crippen molar-refractivity contribution >= 4 is 28.9 Å². The van der Waals surface area contributed by atoms with Crippen LogP contribution in [0.15, 0.2) is 60.7 Å². The van der Waals surface area contributed by atoms with Crippen LogP contribution in [-0.2, 0) is 4.74 Å². The highest BCUT2D eigenvalue weighted by molar-refractivity contribution is 6.06. The molecule has 31 heavy (non-hydrogen) atoms. The summed E-state index contributed by atoms with van der Waals surface area (Å²) in [6, 6.07) is 19.2. The first-order valence-corrected chi connectivity index (χ1v) is 10.2. The Balaban J connectivity index is 1.78. The molecule has 0 radical (unpaired) electrons. The van der Waals surface area contributed by atoms with E-state index in [1.54, 1.807) is 13.0 Å². The van der Waals surface area contributed by atoms with E-state index in [-0.39, 0.29) is 5.69 Å². The van der Waals surface area contributed by atoms with Crippen molar-refractivity contribution in [1.29, 1.82) is 5.41 Å². The molecule has 0 aliphatic carbocycles. The highest BCUT2D eigenvalue weighted by Crippen LogP contribution is 2.30. The third-order valence-electron chi connectivity index (χ3n) is 5.30. The maximum atomic E-state index is 11.8. The molecule has 1 aliphatic heterocycles. The van der Waals surface area contributed by atoms with E-state index >= 15 is 0 Å². The predicted octanol–water partition coefficient (Wildman–Crippen LogP) is 3.20. The summed E-state index contributed by atoms with van der Waals surface area (Å²) in [5.41, 5.74) is 4.46. The molecule has 1 aliphatic rings. The molecule has 0 bridgehead atoms. The standard InChI is InChI=1S/C24H24N4O3/c1-16(25)22-20(17-7-9-19(10-8-17)28-11-13-31-14-12-28)15-21(24(29)30)27-23(22)26-18-5-3-2-4-6-18/h2-10,15,25H,11-14H2,1H3,(H,26,27)(H,29,30)/p+1. The highest BCUT2D eigenvalue weighted by Gasteiger charge is 2.22. The SMILES string of the molecule is CC(=N)c1c(-c2ccc(N3CCOCC3)cc2)cc(C(=O)O)nc1[NH2+]c1ccccc1. The number of quaternary nitrogens is 1. The van der Waals surface area contributed by atoms with Crippen LogP contribution in [0.5, 0.6) is 0 Å². The van der Waals surface area contributed by atoms with Crippen molar-refractivity contribution in [2.45, 2.75) is 6.92 Å². The third kappa shape index (κ3) is 4.63. The Morgan fingerprint density at radius 3 is 2.39 bits per heavy atom. The van der Waals surface area contributed by atoms with E-state index < -0.39 is 5.97 Å². The van der Waals surface area contributed by atoms with Crippen LogP contribution < -0.4 is 10.2 Å². The van der Waals surface area contributed by atoms with Gasteiger partial charge < -0.3 is 20.2 Å². The number of aromatic nitrogens is 1. The number of benzene rings is 2. The predicted molar refractivity (Wildman–Crippen MR) is 120 cm³/mol. The van der Waals surface area contributed by atoms with Crippen molar-refractivity contribution in [2.75, 3.05) is 31.2 Å². The Morgan fingerprint density at radius 2 is 1.77 bits per heavy atom. The fourth-order valence-corrected chi connectivity index (χ4v) is 3.78. The van der Waals surface area contributed by atoms with Crippen molar-refractivity contribution in [3.05, 3.63) is 71.9 Å². The van der Waals surface area contributed by atoms with Crippen LogP contribution in [-0.4, -0.2) is 48.1 Å². The average Bonchev–Trinajstić information content (AvgIpc) is 2.79. The van der Waals surface area contributed by atoms with Gasteiger partial charge in [0.25, 0.3) is 0 Å². The van der Waals surface area contributed by atoms with Crippen LogP contribution in [0.3, 0.4) is 0 Å². The summed E-state index contributed by atoms with van der Waals surface area (Å²) in [6.07, 6.45) is 0. The Bertz CT molecular complexity index is 1090. The molecule has 7 nitrogen and oxygen atoms in total. The lowest BCUT2D eigenvalue weighted by atomic mass is 9.96. The molecule has 1 fully saturated rings. The molecule has 7 heteroatoms. The molecule has 1 saturated heterocycles. The van der Waals surface area contributed by atoms with Gasteiger partial charge in [-0.1, -0.05) is 30.3 Å². The Labute approximate surface area is 180 Å². The van der Waals surface area contributed by atoms with Gasteiger partial charge in [-0.3, -0.25) is 5.32 Å². The summed E-state index contributed by atoms with van der Waals surface area (Å²) >= 11 is 0. The summed E-state index contributed by atoms with van der Waals surface area (Å²) < 4.78 is 5.42. The lowest BCUT2D eigenvalue weighted by Gasteiger charge is -2.29. The van der Waals surface area contributed by atoms with E-state index in [4.69, 9.17) is 10.1 Å². The highest BCUT2D eigenvalue weighted by atomic mass is 16.5. The van der Waals surface area contributed by atoms with E-state index in [0.29, 0.717) is 35.9 Å². The number of pyridine rings is 1. The van der Waals surface area contributed by atoms with Crippen LogP contribution in [0.1, 0.15) is 23.0 Å². The number of anilines is 1. The first kappa shape index (κ1) is 20.7. The van der Waals surface area contributed by atoms with Gasteiger partial charge in [-0.05, 0) is 42.8 Å². The summed E-state index contributed by atoms with van der Waals surface area (Å²) in [6.45, 7) is 4.82. The van der Waals surface area contributed by atoms with Crippen molar-refractivity contribution in [3.8, 4) is 11.1 Å². The molecule has 2 aromatic carbocycles. The lowest BCUT2D eigenvalue weighted by Crippen LogP contribution is -2.72. The molecule has 0 unspecified atom stereocenters. The van der Waals surface area contributed by atoms with Crippen LogP contribution in [0.25, 0.3) is 11.1 Å². The second kappa shape index (κ2) is 9.07. The minimum absolute atomic E-state index is 0.0422. The Kier molecular flexibility index (Phi) is 6.06. The number of aromatic carboxylic acids is 1. The molecule has 4 rings (SSSR count). The van der Waals surface area contributed by atoms with Crippen molar-refractivity contribution in [2.24, 2.45) is 0 Å². The summed E-state index contributed by atoms with van der Waals surface area (Å²) in [4.78, 5) is 18.4. The van der Waals surface area contributed by atoms with E-state index in [0.717, 1.165) is 30.0 Å². The number of carbonyl (C=O) groups is 1. The number of ether oxygens (including phenoxy) is 1. The lowest BCUT2D eigenvalue weighted by molar-refractivity contribution is -0.483. The third-order valence-corrected chi connectivity index (χ3v) is 5.30. The van der Waals surface area contributed by atoms with Gasteiger partial charge in [-0.25, -0.2) is 4.79 Å². The number of hydrogen-bond acceptors (Lipinski definition) is 5. The number of nitrogens with zero attached hydrogens (tertiary/aromatic N) is 2. The largest absolute Gasteiger partial charge is 0.477 e. The van der Waals surface area contributed by atoms with Gasteiger partial charge in [0.15, 0.2) is 5.69 Å². The number of para-hydroxylation sites is 1. The normalized spacial score (nSPS) is 13.8. The number of nitrogens with one attached hydrogen (secondary N) is 1. The van der Waals surface area contributed by atoms with Crippen LogP contribution in [0.4, 0.5) is 17.2 Å². The molecule has 2 heterocycles. The summed E-state index contributed by atoms with van der Waals surface area (Å²) in [5, 5.41) is 19.8. The van der Waals surface area contributed by atoms with Crippen molar-refractivity contribution < 1.29 is 20.0 Å². The van der Waals surface area contributed by atoms with Gasteiger partial charge in [0.2, 0.25) is 5.82 Å². The maximum absolute atomic E-state index is 11.8. The number of morpholine rings is 1. The Morgan fingerprint density at radius 1 is 1.10 bits per heavy atom. The monoisotopic (exact) mass is 417 g/mol. The molecule has 3 aromatic rings. The minimum Gasteiger partial charge on any atom is -0.477 e. The van der Waals surface area contributed by atoms with Gasteiger partial charge in [-0.2, -0.15) is 4.98 Å². The van der Waals surface area contributed by atoms with Gasteiger partial charge in [-0.15, -0.1) is 0 Å². The van der Waals surface area contributed by atoms with Gasteiger partial charge in [0.1, 0.15) is 5.69 Å². The summed E-state index contributed by atoms with van der Waals surface area (Å²) in [5.74, 6) is -0.617. The van der Waals surface area contributed by atoms with E-state index in [9.17, 15) is 9.90 Å². The number of nitrogens with two attached hydrogens (primary N) is 1. The molecule has 4 N–H and O–H groups in total. The molecular weight excluding hydrogens is 392 g/mol. The second-order valence-corrected chi connectivity index (χ2v) is 7.45. The molecule has 0 atom stereocenters.